The number of amides is 1. The number of rotatable bonds is 3. The summed E-state index contributed by atoms with van der Waals surface area (Å²) in [7, 11) is 0. The molecule has 5 heteroatoms. The molecule has 2 saturated heterocycles. The molecule has 3 fully saturated rings. The number of carbonyl (C=O) groups is 1. The number of hydrogen-bond donors (Lipinski definition) is 0. The Balaban J connectivity index is 1.59. The Morgan fingerprint density at radius 1 is 1.40 bits per heavy atom. The van der Waals surface area contributed by atoms with E-state index >= 15 is 0 Å². The lowest BCUT2D eigenvalue weighted by molar-refractivity contribution is -0.264. The van der Waals surface area contributed by atoms with Gasteiger partial charge in [-0.1, -0.05) is 6.07 Å². The topological polar surface area (TPSA) is 38.8 Å². The zero-order valence-electron chi connectivity index (χ0n) is 11.5. The average Bonchev–Trinajstić information content (AvgIpc) is 2.47. The number of hydrogen-bond acceptors (Lipinski definition) is 3. The Labute approximate surface area is 117 Å². The summed E-state index contributed by atoms with van der Waals surface area (Å²) in [5.74, 6) is -0.579. The van der Waals surface area contributed by atoms with Crippen LogP contribution in [-0.2, 0) is 9.63 Å². The maximum atomic E-state index is 13.6. The van der Waals surface area contributed by atoms with Crippen LogP contribution in [-0.4, -0.2) is 29.7 Å². The molecular formula is C15H18FNO3. The van der Waals surface area contributed by atoms with Gasteiger partial charge in [0.2, 0.25) is 0 Å². The van der Waals surface area contributed by atoms with Gasteiger partial charge in [-0.3, -0.25) is 9.63 Å². The maximum Gasteiger partial charge on any atom is 0.284 e. The van der Waals surface area contributed by atoms with Crippen molar-refractivity contribution in [1.82, 2.24) is 5.06 Å². The Morgan fingerprint density at radius 3 is 2.75 bits per heavy atom. The van der Waals surface area contributed by atoms with E-state index in [0.717, 1.165) is 31.2 Å². The van der Waals surface area contributed by atoms with E-state index < -0.39 is 5.82 Å². The fraction of sp³-hybridized carbons (Fsp3) is 0.533. The van der Waals surface area contributed by atoms with Crippen LogP contribution < -0.4 is 4.74 Å². The molecule has 2 bridgehead atoms. The lowest BCUT2D eigenvalue weighted by Gasteiger charge is -2.43. The molecule has 0 aromatic heterocycles. The number of hydroxylamine groups is 2. The predicted octanol–water partition coefficient (Wildman–Crippen LogP) is 2.60. The second-order valence-electron chi connectivity index (χ2n) is 5.48. The molecule has 4 rings (SSSR count). The summed E-state index contributed by atoms with van der Waals surface area (Å²) in [6, 6.07) is 4.83. The van der Waals surface area contributed by atoms with Crippen LogP contribution >= 0.6 is 0 Å². The molecular weight excluding hydrogens is 261 g/mol. The summed E-state index contributed by atoms with van der Waals surface area (Å²) in [6.07, 6.45) is 4.15. The zero-order chi connectivity index (χ0) is 14.1. The van der Waals surface area contributed by atoms with Crippen molar-refractivity contribution in [2.24, 2.45) is 0 Å². The summed E-state index contributed by atoms with van der Waals surface area (Å²) >= 11 is 0. The van der Waals surface area contributed by atoms with Gasteiger partial charge in [0, 0.05) is 0 Å². The molecule has 0 N–H and O–H groups in total. The van der Waals surface area contributed by atoms with Crippen LogP contribution in [0.25, 0.3) is 0 Å². The SMILES string of the molecule is Cc1ccc(OCC(=O)N2OC3CCC2CC3)c(F)c1. The molecule has 1 aromatic carbocycles. The summed E-state index contributed by atoms with van der Waals surface area (Å²) in [5, 5.41) is 1.43. The first-order valence-electron chi connectivity index (χ1n) is 7.01. The standard InChI is InChI=1S/C15H18FNO3/c1-10-2-7-14(13(16)8-10)19-9-15(18)17-11-3-5-12(20-17)6-4-11/h2,7-8,11-12H,3-6,9H2,1H3. The van der Waals surface area contributed by atoms with Crippen LogP contribution in [0.2, 0.25) is 0 Å². The maximum absolute atomic E-state index is 13.6. The summed E-state index contributed by atoms with van der Waals surface area (Å²) < 4.78 is 18.9. The second kappa shape index (κ2) is 5.40. The van der Waals surface area contributed by atoms with Gasteiger partial charge in [0.05, 0.1) is 12.1 Å². The van der Waals surface area contributed by atoms with Crippen molar-refractivity contribution in [3.63, 3.8) is 0 Å². The fourth-order valence-corrected chi connectivity index (χ4v) is 2.82. The highest BCUT2D eigenvalue weighted by molar-refractivity contribution is 5.77. The molecule has 1 aliphatic carbocycles. The highest BCUT2D eigenvalue weighted by atomic mass is 19.1. The molecule has 20 heavy (non-hydrogen) atoms. The van der Waals surface area contributed by atoms with E-state index in [4.69, 9.17) is 9.57 Å². The third-order valence-electron chi connectivity index (χ3n) is 3.92. The van der Waals surface area contributed by atoms with Gasteiger partial charge < -0.3 is 4.74 Å². The number of nitrogens with zero attached hydrogens (tertiary/aromatic N) is 1. The number of aryl methyl sites for hydroxylation is 1. The molecule has 3 aliphatic rings. The molecule has 1 amide bonds. The molecule has 0 radical (unpaired) electrons. The minimum absolute atomic E-state index is 0.103. The molecule has 1 aromatic rings. The third kappa shape index (κ3) is 2.63. The van der Waals surface area contributed by atoms with Gasteiger partial charge in [0.25, 0.3) is 5.91 Å². The Kier molecular flexibility index (Phi) is 3.61. The molecule has 2 aliphatic heterocycles. The lowest BCUT2D eigenvalue weighted by atomic mass is 9.91. The Hall–Kier alpha value is -1.62. The van der Waals surface area contributed by atoms with E-state index in [1.165, 1.54) is 11.1 Å². The lowest BCUT2D eigenvalue weighted by Crippen LogP contribution is -2.52. The number of benzene rings is 1. The Bertz CT molecular complexity index is 512. The van der Waals surface area contributed by atoms with Crippen LogP contribution in [0.3, 0.4) is 0 Å². The minimum Gasteiger partial charge on any atom is -0.481 e. The van der Waals surface area contributed by atoms with Gasteiger partial charge in [-0.2, -0.15) is 0 Å². The highest BCUT2D eigenvalue weighted by Gasteiger charge is 2.37. The summed E-state index contributed by atoms with van der Waals surface area (Å²) in [5.41, 5.74) is 0.817. The zero-order valence-corrected chi connectivity index (χ0v) is 11.5. The van der Waals surface area contributed by atoms with Crippen molar-refractivity contribution in [2.75, 3.05) is 6.61 Å². The molecule has 0 atom stereocenters. The first-order valence-corrected chi connectivity index (χ1v) is 7.01. The van der Waals surface area contributed by atoms with Crippen molar-refractivity contribution in [2.45, 2.75) is 44.8 Å². The van der Waals surface area contributed by atoms with Crippen LogP contribution in [0.1, 0.15) is 31.2 Å². The first-order chi connectivity index (χ1) is 9.63. The smallest absolute Gasteiger partial charge is 0.284 e. The highest BCUT2D eigenvalue weighted by Crippen LogP contribution is 2.32. The van der Waals surface area contributed by atoms with Gasteiger partial charge >= 0.3 is 0 Å². The monoisotopic (exact) mass is 279 g/mol. The number of carbonyl (C=O) groups excluding carboxylic acids is 1. The third-order valence-corrected chi connectivity index (χ3v) is 3.92. The normalized spacial score (nSPS) is 24.8. The Morgan fingerprint density at radius 2 is 2.15 bits per heavy atom. The number of fused-ring (bicyclic) bond motifs is 3. The van der Waals surface area contributed by atoms with Gasteiger partial charge in [-0.25, -0.2) is 9.45 Å². The van der Waals surface area contributed by atoms with Gasteiger partial charge in [-0.05, 0) is 50.3 Å². The first kappa shape index (κ1) is 13.4. The van der Waals surface area contributed by atoms with Crippen LogP contribution in [0.5, 0.6) is 5.75 Å². The largest absolute Gasteiger partial charge is 0.481 e. The fourth-order valence-electron chi connectivity index (χ4n) is 2.82. The molecule has 0 spiro atoms. The van der Waals surface area contributed by atoms with E-state index in [9.17, 15) is 9.18 Å². The van der Waals surface area contributed by atoms with E-state index in [1.807, 2.05) is 0 Å². The quantitative estimate of drug-likeness (QED) is 0.853. The predicted molar refractivity (Wildman–Crippen MR) is 70.6 cm³/mol. The molecule has 2 heterocycles. The van der Waals surface area contributed by atoms with E-state index in [2.05, 4.69) is 0 Å². The van der Waals surface area contributed by atoms with Crippen LogP contribution in [0.15, 0.2) is 18.2 Å². The second-order valence-corrected chi connectivity index (χ2v) is 5.48. The van der Waals surface area contributed by atoms with Crippen molar-refractivity contribution < 1.29 is 18.8 Å². The molecule has 1 saturated carbocycles. The van der Waals surface area contributed by atoms with E-state index in [0.29, 0.717) is 0 Å². The van der Waals surface area contributed by atoms with Gasteiger partial charge in [0.1, 0.15) is 0 Å². The average molecular weight is 279 g/mol. The molecule has 0 unspecified atom stereocenters. The van der Waals surface area contributed by atoms with E-state index in [1.54, 1.807) is 19.1 Å². The van der Waals surface area contributed by atoms with E-state index in [-0.39, 0.29) is 30.4 Å². The summed E-state index contributed by atoms with van der Waals surface area (Å²) in [6.45, 7) is 1.61. The van der Waals surface area contributed by atoms with Crippen molar-refractivity contribution >= 4 is 5.91 Å². The minimum atomic E-state index is -0.445. The van der Waals surface area contributed by atoms with Crippen molar-refractivity contribution in [1.29, 1.82) is 0 Å². The summed E-state index contributed by atoms with van der Waals surface area (Å²) in [4.78, 5) is 17.7. The van der Waals surface area contributed by atoms with Crippen LogP contribution in [0.4, 0.5) is 4.39 Å². The number of halogens is 1. The molecule has 4 nitrogen and oxygen atoms in total. The van der Waals surface area contributed by atoms with Crippen molar-refractivity contribution in [3.8, 4) is 5.75 Å². The number of ether oxygens (including phenoxy) is 1. The van der Waals surface area contributed by atoms with Crippen molar-refractivity contribution in [3.05, 3.63) is 29.6 Å². The molecule has 108 valence electrons. The van der Waals surface area contributed by atoms with Gasteiger partial charge in [-0.15, -0.1) is 0 Å². The van der Waals surface area contributed by atoms with Gasteiger partial charge in [0.15, 0.2) is 18.2 Å². The van der Waals surface area contributed by atoms with Crippen LogP contribution in [0, 0.1) is 12.7 Å².